The summed E-state index contributed by atoms with van der Waals surface area (Å²) in [4.78, 5) is 43.5. The van der Waals surface area contributed by atoms with E-state index in [4.69, 9.17) is 0 Å². The van der Waals surface area contributed by atoms with Crippen molar-refractivity contribution in [2.45, 2.75) is 18.9 Å². The largest absolute Gasteiger partial charge is 0.480 e. The van der Waals surface area contributed by atoms with E-state index < -0.39 is 18.0 Å². The van der Waals surface area contributed by atoms with E-state index in [9.17, 15) is 19.5 Å². The zero-order chi connectivity index (χ0) is 18.2. The number of aliphatic carboxylic acids is 1. The molecule has 1 aromatic carbocycles. The lowest BCUT2D eigenvalue weighted by Crippen LogP contribution is -2.41. The number of benzene rings is 1. The van der Waals surface area contributed by atoms with Gasteiger partial charge in [0.15, 0.2) is 5.82 Å². The van der Waals surface area contributed by atoms with Crippen LogP contribution in [0.15, 0.2) is 42.7 Å². The molecular formula is C17H17N3O5. The van der Waals surface area contributed by atoms with E-state index in [-0.39, 0.29) is 12.8 Å². The number of nitrogens with zero attached hydrogens (tertiary/aromatic N) is 3. The Morgan fingerprint density at radius 3 is 2.40 bits per heavy atom. The van der Waals surface area contributed by atoms with Gasteiger partial charge in [-0.05, 0) is 36.8 Å². The van der Waals surface area contributed by atoms with Crippen molar-refractivity contribution < 1.29 is 24.2 Å². The normalized spacial score (nSPS) is 11.4. The highest BCUT2D eigenvalue weighted by Gasteiger charge is 2.26. The van der Waals surface area contributed by atoms with Gasteiger partial charge in [-0.15, -0.1) is 0 Å². The maximum atomic E-state index is 11.5. The number of carbonyl (C=O) groups is 3. The van der Waals surface area contributed by atoms with Crippen LogP contribution in [0.3, 0.4) is 0 Å². The lowest BCUT2D eigenvalue weighted by molar-refractivity contribution is -0.142. The average Bonchev–Trinajstić information content (AvgIpc) is 2.65. The van der Waals surface area contributed by atoms with E-state index in [1.165, 1.54) is 7.11 Å². The number of amides is 1. The highest BCUT2D eigenvalue weighted by atomic mass is 16.5. The number of methoxy groups -OCH3 is 1. The minimum Gasteiger partial charge on any atom is -0.480 e. The predicted molar refractivity (Wildman–Crippen MR) is 88.7 cm³/mol. The third-order valence-electron chi connectivity index (χ3n) is 3.57. The highest BCUT2D eigenvalue weighted by molar-refractivity contribution is 5.88. The Morgan fingerprint density at radius 1 is 1.24 bits per heavy atom. The molecule has 130 valence electrons. The van der Waals surface area contributed by atoms with Gasteiger partial charge in [0, 0.05) is 30.1 Å². The fourth-order valence-electron chi connectivity index (χ4n) is 2.28. The second-order valence-corrected chi connectivity index (χ2v) is 5.10. The molecule has 1 N–H and O–H groups in total. The predicted octanol–water partition coefficient (Wildman–Crippen LogP) is 1.51. The molecule has 1 heterocycles. The summed E-state index contributed by atoms with van der Waals surface area (Å²) in [7, 11) is 1.22. The molecule has 0 bridgehead atoms. The Balaban J connectivity index is 2.21. The zero-order valence-corrected chi connectivity index (χ0v) is 13.5. The van der Waals surface area contributed by atoms with Crippen molar-refractivity contribution >= 4 is 24.0 Å². The molecule has 0 spiro atoms. The van der Waals surface area contributed by atoms with Crippen molar-refractivity contribution in [3.05, 3.63) is 42.7 Å². The number of anilines is 1. The summed E-state index contributed by atoms with van der Waals surface area (Å²) < 4.78 is 4.51. The molecule has 8 heteroatoms. The second-order valence-electron chi connectivity index (χ2n) is 5.10. The van der Waals surface area contributed by atoms with E-state index in [1.807, 2.05) is 0 Å². The number of esters is 1. The fourth-order valence-corrected chi connectivity index (χ4v) is 2.28. The van der Waals surface area contributed by atoms with E-state index in [2.05, 4.69) is 14.7 Å². The maximum absolute atomic E-state index is 11.5. The van der Waals surface area contributed by atoms with Crippen molar-refractivity contribution in [3.63, 3.8) is 0 Å². The topological polar surface area (TPSA) is 110 Å². The van der Waals surface area contributed by atoms with Crippen LogP contribution < -0.4 is 4.90 Å². The Labute approximate surface area is 144 Å². The first kappa shape index (κ1) is 18.1. The molecule has 0 saturated carbocycles. The summed E-state index contributed by atoms with van der Waals surface area (Å²) in [5, 5.41) is 9.38. The smallest absolute Gasteiger partial charge is 0.326 e. The van der Waals surface area contributed by atoms with Crippen LogP contribution in [-0.2, 0) is 19.1 Å². The SMILES string of the molecule is COC(=O)CC[C@@H](C(=O)O)N(C=O)c1ccc(-c2ncccn2)cc1. The van der Waals surface area contributed by atoms with Crippen LogP contribution in [0.4, 0.5) is 5.69 Å². The second kappa shape index (κ2) is 8.53. The van der Waals surface area contributed by atoms with Crippen LogP contribution >= 0.6 is 0 Å². The van der Waals surface area contributed by atoms with E-state index in [0.29, 0.717) is 17.9 Å². The first-order valence-corrected chi connectivity index (χ1v) is 7.47. The van der Waals surface area contributed by atoms with Crippen molar-refractivity contribution in [2.75, 3.05) is 12.0 Å². The lowest BCUT2D eigenvalue weighted by Gasteiger charge is -2.25. The molecule has 2 aromatic rings. The number of carbonyl (C=O) groups excluding carboxylic acids is 2. The molecule has 0 radical (unpaired) electrons. The first-order valence-electron chi connectivity index (χ1n) is 7.47. The number of aromatic nitrogens is 2. The molecule has 0 unspecified atom stereocenters. The number of hydrogen-bond donors (Lipinski definition) is 1. The molecule has 0 saturated heterocycles. The molecule has 2 rings (SSSR count). The standard InChI is InChI=1S/C17H17N3O5/c1-25-15(22)8-7-14(17(23)24)20(11-21)13-5-3-12(4-6-13)16-18-9-2-10-19-16/h2-6,9-11,14H,7-8H2,1H3,(H,23,24)/t14-/m0/s1. The molecule has 0 fully saturated rings. The Kier molecular flexibility index (Phi) is 6.16. The van der Waals surface area contributed by atoms with Crippen LogP contribution in [0, 0.1) is 0 Å². The minimum atomic E-state index is -1.20. The molecule has 0 aliphatic carbocycles. The van der Waals surface area contributed by atoms with Gasteiger partial charge in [0.1, 0.15) is 6.04 Å². The zero-order valence-electron chi connectivity index (χ0n) is 13.5. The molecule has 1 amide bonds. The molecule has 8 nitrogen and oxygen atoms in total. The quantitative estimate of drug-likeness (QED) is 0.571. The van der Waals surface area contributed by atoms with Crippen molar-refractivity contribution in [3.8, 4) is 11.4 Å². The Bertz CT molecular complexity index is 734. The van der Waals surface area contributed by atoms with Crippen molar-refractivity contribution in [1.82, 2.24) is 9.97 Å². The molecule has 1 aromatic heterocycles. The number of carboxylic acids is 1. The number of rotatable bonds is 8. The van der Waals surface area contributed by atoms with Gasteiger partial charge in [0.25, 0.3) is 0 Å². The fraction of sp³-hybridized carbons (Fsp3) is 0.235. The van der Waals surface area contributed by atoms with E-state index in [1.54, 1.807) is 42.7 Å². The monoisotopic (exact) mass is 343 g/mol. The third-order valence-corrected chi connectivity index (χ3v) is 3.57. The van der Waals surface area contributed by atoms with Gasteiger partial charge < -0.3 is 14.7 Å². The molecule has 0 aliphatic rings. The van der Waals surface area contributed by atoms with E-state index >= 15 is 0 Å². The Morgan fingerprint density at radius 2 is 1.88 bits per heavy atom. The summed E-state index contributed by atoms with van der Waals surface area (Å²) in [6, 6.07) is 7.13. The number of carboxylic acid groups (broad SMARTS) is 1. The third kappa shape index (κ3) is 4.60. The van der Waals surface area contributed by atoms with Gasteiger partial charge >= 0.3 is 11.9 Å². The average molecular weight is 343 g/mol. The minimum absolute atomic E-state index is 0.0513. The summed E-state index contributed by atoms with van der Waals surface area (Å²) in [6.07, 6.45) is 3.50. The van der Waals surface area contributed by atoms with Gasteiger partial charge in [-0.1, -0.05) is 0 Å². The van der Waals surface area contributed by atoms with Crippen LogP contribution in [-0.4, -0.2) is 46.6 Å². The Hall–Kier alpha value is -3.29. The van der Waals surface area contributed by atoms with Crippen LogP contribution in [0.25, 0.3) is 11.4 Å². The summed E-state index contributed by atoms with van der Waals surface area (Å²) in [5.41, 5.74) is 1.13. The molecular weight excluding hydrogens is 326 g/mol. The molecule has 0 aliphatic heterocycles. The summed E-state index contributed by atoms with van der Waals surface area (Å²) in [5.74, 6) is -1.22. The van der Waals surface area contributed by atoms with Crippen LogP contribution in [0.1, 0.15) is 12.8 Å². The molecule has 1 atom stereocenters. The van der Waals surface area contributed by atoms with Gasteiger partial charge in [-0.25, -0.2) is 14.8 Å². The van der Waals surface area contributed by atoms with Crippen molar-refractivity contribution in [2.24, 2.45) is 0 Å². The first-order chi connectivity index (χ1) is 12.1. The van der Waals surface area contributed by atoms with Crippen LogP contribution in [0.5, 0.6) is 0 Å². The number of hydrogen-bond acceptors (Lipinski definition) is 6. The lowest BCUT2D eigenvalue weighted by atomic mass is 10.1. The summed E-state index contributed by atoms with van der Waals surface area (Å²) >= 11 is 0. The summed E-state index contributed by atoms with van der Waals surface area (Å²) in [6.45, 7) is 0. The van der Waals surface area contributed by atoms with Gasteiger partial charge in [-0.2, -0.15) is 0 Å². The van der Waals surface area contributed by atoms with Crippen LogP contribution in [0.2, 0.25) is 0 Å². The maximum Gasteiger partial charge on any atom is 0.326 e. The van der Waals surface area contributed by atoms with Gasteiger partial charge in [0.05, 0.1) is 7.11 Å². The van der Waals surface area contributed by atoms with Crippen molar-refractivity contribution in [1.29, 1.82) is 0 Å². The number of ether oxygens (including phenoxy) is 1. The van der Waals surface area contributed by atoms with Gasteiger partial charge in [0.2, 0.25) is 6.41 Å². The van der Waals surface area contributed by atoms with Gasteiger partial charge in [-0.3, -0.25) is 9.59 Å². The highest BCUT2D eigenvalue weighted by Crippen LogP contribution is 2.22. The molecule has 25 heavy (non-hydrogen) atoms. The van der Waals surface area contributed by atoms with E-state index in [0.717, 1.165) is 10.5 Å².